The van der Waals surface area contributed by atoms with Gasteiger partial charge in [0.15, 0.2) is 16.7 Å². The molecule has 1 amide bonds. The highest BCUT2D eigenvalue weighted by Gasteiger charge is 2.24. The quantitative estimate of drug-likeness (QED) is 0.324. The summed E-state index contributed by atoms with van der Waals surface area (Å²) in [6.45, 7) is 6.69. The number of carbonyl (C=O) groups is 1. The minimum atomic E-state index is -0.186. The fourth-order valence-electron chi connectivity index (χ4n) is 3.56. The molecule has 180 valence electrons. The SMILES string of the molecule is CCOc1cc(C=C2SC(=Nc3cc(C)cc(C)c3)NC2=O)ccc1OCc1ccc(Cl)cc1Cl. The molecule has 4 rings (SSSR count). The molecule has 0 aromatic heterocycles. The van der Waals surface area contributed by atoms with E-state index in [0.29, 0.717) is 38.2 Å². The van der Waals surface area contributed by atoms with Crippen LogP contribution in [-0.2, 0) is 11.4 Å². The molecule has 0 saturated carbocycles. The zero-order valence-electron chi connectivity index (χ0n) is 19.5. The normalized spacial score (nSPS) is 15.5. The predicted molar refractivity (Wildman–Crippen MR) is 145 cm³/mol. The summed E-state index contributed by atoms with van der Waals surface area (Å²) in [6.07, 6.45) is 1.81. The number of nitrogens with one attached hydrogen (secondary N) is 1. The number of carbonyl (C=O) groups excluding carboxylic acids is 1. The van der Waals surface area contributed by atoms with Gasteiger partial charge in [0.05, 0.1) is 17.2 Å². The highest BCUT2D eigenvalue weighted by Crippen LogP contribution is 2.33. The molecule has 3 aromatic carbocycles. The van der Waals surface area contributed by atoms with Crippen LogP contribution in [0.4, 0.5) is 5.69 Å². The van der Waals surface area contributed by atoms with Gasteiger partial charge in [-0.25, -0.2) is 4.99 Å². The summed E-state index contributed by atoms with van der Waals surface area (Å²) in [7, 11) is 0. The number of halogens is 2. The number of benzene rings is 3. The number of amides is 1. The molecule has 0 aliphatic carbocycles. The van der Waals surface area contributed by atoms with Gasteiger partial charge in [-0.05, 0) is 91.7 Å². The van der Waals surface area contributed by atoms with Crippen molar-refractivity contribution < 1.29 is 14.3 Å². The molecule has 0 bridgehead atoms. The molecule has 1 N–H and O–H groups in total. The molecule has 1 saturated heterocycles. The maximum atomic E-state index is 12.5. The van der Waals surface area contributed by atoms with E-state index in [1.807, 2.05) is 63.2 Å². The minimum absolute atomic E-state index is 0.186. The first-order valence-electron chi connectivity index (χ1n) is 11.0. The maximum Gasteiger partial charge on any atom is 0.264 e. The molecule has 8 heteroatoms. The zero-order chi connectivity index (χ0) is 24.9. The van der Waals surface area contributed by atoms with Crippen molar-refractivity contribution in [3.8, 4) is 11.5 Å². The van der Waals surface area contributed by atoms with Gasteiger partial charge in [-0.15, -0.1) is 0 Å². The Morgan fingerprint density at radius 2 is 1.74 bits per heavy atom. The summed E-state index contributed by atoms with van der Waals surface area (Å²) >= 11 is 13.5. The van der Waals surface area contributed by atoms with Crippen molar-refractivity contribution in [1.29, 1.82) is 0 Å². The summed E-state index contributed by atoms with van der Waals surface area (Å²) in [5.41, 5.74) is 4.69. The fourth-order valence-corrected chi connectivity index (χ4v) is 4.87. The smallest absolute Gasteiger partial charge is 0.264 e. The number of rotatable bonds is 7. The largest absolute Gasteiger partial charge is 0.490 e. The first kappa shape index (κ1) is 25.2. The highest BCUT2D eigenvalue weighted by molar-refractivity contribution is 8.18. The van der Waals surface area contributed by atoms with Crippen LogP contribution in [0.25, 0.3) is 6.08 Å². The van der Waals surface area contributed by atoms with Crippen LogP contribution in [0, 0.1) is 13.8 Å². The van der Waals surface area contributed by atoms with Crippen molar-refractivity contribution in [3.63, 3.8) is 0 Å². The Kier molecular flexibility index (Phi) is 8.06. The molecule has 35 heavy (non-hydrogen) atoms. The van der Waals surface area contributed by atoms with Crippen LogP contribution in [-0.4, -0.2) is 17.7 Å². The average Bonchev–Trinajstić information content (AvgIpc) is 3.12. The van der Waals surface area contributed by atoms with Crippen molar-refractivity contribution >= 4 is 57.8 Å². The van der Waals surface area contributed by atoms with Gasteiger partial charge >= 0.3 is 0 Å². The van der Waals surface area contributed by atoms with Crippen LogP contribution in [0.1, 0.15) is 29.2 Å². The van der Waals surface area contributed by atoms with Crippen molar-refractivity contribution in [3.05, 3.63) is 91.8 Å². The van der Waals surface area contributed by atoms with Gasteiger partial charge in [0.2, 0.25) is 0 Å². The van der Waals surface area contributed by atoms with E-state index >= 15 is 0 Å². The van der Waals surface area contributed by atoms with Crippen LogP contribution in [0.3, 0.4) is 0 Å². The van der Waals surface area contributed by atoms with Crippen LogP contribution in [0.15, 0.2) is 64.5 Å². The Bertz CT molecular complexity index is 1320. The van der Waals surface area contributed by atoms with Crippen LogP contribution >= 0.6 is 35.0 Å². The van der Waals surface area contributed by atoms with Crippen LogP contribution in [0.5, 0.6) is 11.5 Å². The lowest BCUT2D eigenvalue weighted by Crippen LogP contribution is -2.19. The molecule has 1 heterocycles. The first-order chi connectivity index (χ1) is 16.8. The third-order valence-electron chi connectivity index (χ3n) is 5.05. The van der Waals surface area contributed by atoms with Gasteiger partial charge in [0, 0.05) is 15.6 Å². The Morgan fingerprint density at radius 1 is 0.971 bits per heavy atom. The predicted octanol–water partition coefficient (Wildman–Crippen LogP) is 7.48. The van der Waals surface area contributed by atoms with E-state index in [2.05, 4.69) is 16.4 Å². The Hall–Kier alpha value is -2.93. The molecule has 3 aromatic rings. The summed E-state index contributed by atoms with van der Waals surface area (Å²) < 4.78 is 11.8. The Balaban J connectivity index is 1.52. The monoisotopic (exact) mass is 526 g/mol. The van der Waals surface area contributed by atoms with Gasteiger partial charge in [0.25, 0.3) is 5.91 Å². The maximum absolute atomic E-state index is 12.5. The second-order valence-corrected chi connectivity index (χ2v) is 9.87. The van der Waals surface area contributed by atoms with Gasteiger partial charge in [-0.3, -0.25) is 4.79 Å². The molecule has 5 nitrogen and oxygen atoms in total. The van der Waals surface area contributed by atoms with Gasteiger partial charge in [-0.2, -0.15) is 0 Å². The van der Waals surface area contributed by atoms with Crippen molar-refractivity contribution in [2.75, 3.05) is 6.61 Å². The Labute approximate surface area is 219 Å². The van der Waals surface area contributed by atoms with E-state index in [0.717, 1.165) is 27.9 Å². The van der Waals surface area contributed by atoms with E-state index in [1.54, 1.807) is 12.1 Å². The van der Waals surface area contributed by atoms with Crippen molar-refractivity contribution in [2.24, 2.45) is 4.99 Å². The number of aryl methyl sites for hydroxylation is 2. The summed E-state index contributed by atoms with van der Waals surface area (Å²) in [4.78, 5) is 17.7. The third kappa shape index (κ3) is 6.60. The van der Waals surface area contributed by atoms with Crippen LogP contribution < -0.4 is 14.8 Å². The summed E-state index contributed by atoms with van der Waals surface area (Å²) in [5.74, 6) is 0.980. The number of ether oxygens (including phenoxy) is 2. The van der Waals surface area contributed by atoms with Gasteiger partial charge < -0.3 is 14.8 Å². The van der Waals surface area contributed by atoms with E-state index in [9.17, 15) is 4.79 Å². The summed E-state index contributed by atoms with van der Waals surface area (Å²) in [6, 6.07) is 16.9. The number of thioether (sulfide) groups is 1. The average molecular weight is 527 g/mol. The summed E-state index contributed by atoms with van der Waals surface area (Å²) in [5, 5.41) is 4.50. The second kappa shape index (κ2) is 11.2. The second-order valence-electron chi connectivity index (χ2n) is 7.99. The minimum Gasteiger partial charge on any atom is -0.490 e. The topological polar surface area (TPSA) is 59.9 Å². The van der Waals surface area contributed by atoms with Gasteiger partial charge in [0.1, 0.15) is 6.61 Å². The lowest BCUT2D eigenvalue weighted by Gasteiger charge is -2.13. The van der Waals surface area contributed by atoms with E-state index in [4.69, 9.17) is 32.7 Å². The molecular weight excluding hydrogens is 503 g/mol. The number of hydrogen-bond donors (Lipinski definition) is 1. The fraction of sp³-hybridized carbons (Fsp3) is 0.185. The number of aliphatic imine (C=N–C) groups is 1. The highest BCUT2D eigenvalue weighted by atomic mass is 35.5. The molecule has 0 atom stereocenters. The molecule has 0 unspecified atom stereocenters. The molecular formula is C27H24Cl2N2O3S. The lowest BCUT2D eigenvalue weighted by molar-refractivity contribution is -0.115. The molecule has 1 fully saturated rings. The van der Waals surface area contributed by atoms with E-state index in [1.165, 1.54) is 11.8 Å². The zero-order valence-corrected chi connectivity index (χ0v) is 21.9. The molecule has 1 aliphatic heterocycles. The van der Waals surface area contributed by atoms with Crippen molar-refractivity contribution in [2.45, 2.75) is 27.4 Å². The van der Waals surface area contributed by atoms with E-state index < -0.39 is 0 Å². The number of hydrogen-bond acceptors (Lipinski definition) is 5. The molecule has 0 radical (unpaired) electrons. The van der Waals surface area contributed by atoms with Crippen molar-refractivity contribution in [1.82, 2.24) is 5.32 Å². The molecule has 1 aliphatic rings. The number of nitrogens with zero attached hydrogens (tertiary/aromatic N) is 1. The lowest BCUT2D eigenvalue weighted by atomic mass is 10.1. The first-order valence-corrected chi connectivity index (χ1v) is 12.6. The van der Waals surface area contributed by atoms with E-state index in [-0.39, 0.29) is 12.5 Å². The standard InChI is InChI=1S/C27H24Cl2N2O3S/c1-4-33-24-12-18(5-8-23(24)34-15-19-6-7-20(28)14-22(19)29)13-25-26(32)31-27(35-25)30-21-10-16(2)9-17(3)11-21/h5-14H,4,15H2,1-3H3,(H,30,31,32). The third-order valence-corrected chi connectivity index (χ3v) is 6.55. The molecule has 0 spiro atoms. The van der Waals surface area contributed by atoms with Crippen LogP contribution in [0.2, 0.25) is 10.0 Å². The number of amidine groups is 1. The Morgan fingerprint density at radius 3 is 2.46 bits per heavy atom. The van der Waals surface area contributed by atoms with Gasteiger partial charge in [-0.1, -0.05) is 41.4 Å².